The Labute approximate surface area is 66.1 Å². The van der Waals surface area contributed by atoms with Gasteiger partial charge < -0.3 is 10.2 Å². The van der Waals surface area contributed by atoms with E-state index in [4.69, 9.17) is 5.11 Å². The maximum atomic E-state index is 9.35. The van der Waals surface area contributed by atoms with Crippen LogP contribution in [0.1, 0.15) is 18.6 Å². The molecule has 11 heavy (non-hydrogen) atoms. The normalized spacial score (nSPS) is 15.9. The Bertz CT molecular complexity index is 206. The van der Waals surface area contributed by atoms with Crippen molar-refractivity contribution >= 4 is 0 Å². The van der Waals surface area contributed by atoms with Gasteiger partial charge in [-0.1, -0.05) is 30.3 Å². The van der Waals surface area contributed by atoms with Gasteiger partial charge in [-0.15, -0.1) is 0 Å². The van der Waals surface area contributed by atoms with Crippen molar-refractivity contribution < 1.29 is 10.2 Å². The molecular weight excluding hydrogens is 140 g/mol. The number of aliphatic hydroxyl groups is 2. The molecule has 0 fully saturated rings. The first-order valence-corrected chi connectivity index (χ1v) is 3.63. The van der Waals surface area contributed by atoms with Crippen LogP contribution in [0.4, 0.5) is 0 Å². The van der Waals surface area contributed by atoms with Crippen molar-refractivity contribution in [2.75, 3.05) is 0 Å². The molecule has 2 heteroatoms. The molecule has 0 spiro atoms. The molecule has 0 aromatic heterocycles. The molecule has 0 unspecified atom stereocenters. The molecule has 60 valence electrons. The van der Waals surface area contributed by atoms with Gasteiger partial charge in [0.2, 0.25) is 0 Å². The average Bonchev–Trinajstić information content (AvgIpc) is 2.05. The lowest BCUT2D eigenvalue weighted by molar-refractivity contribution is 0.0305. The van der Waals surface area contributed by atoms with Crippen LogP contribution in [0.5, 0.6) is 0 Å². The van der Waals surface area contributed by atoms with Gasteiger partial charge in [-0.25, -0.2) is 0 Å². The number of hydrogen-bond donors (Lipinski definition) is 2. The SMILES string of the molecule is C[C@H](O)[C@@H](O)c1ccccc1. The van der Waals surface area contributed by atoms with E-state index in [0.717, 1.165) is 5.56 Å². The molecule has 0 aliphatic rings. The van der Waals surface area contributed by atoms with Crippen molar-refractivity contribution in [1.82, 2.24) is 0 Å². The maximum absolute atomic E-state index is 9.35. The van der Waals surface area contributed by atoms with Gasteiger partial charge >= 0.3 is 0 Å². The molecule has 2 N–H and O–H groups in total. The first-order valence-electron chi connectivity index (χ1n) is 3.63. The maximum Gasteiger partial charge on any atom is 0.105 e. The second-order valence-electron chi connectivity index (χ2n) is 2.60. The van der Waals surface area contributed by atoms with E-state index in [1.165, 1.54) is 0 Å². The smallest absolute Gasteiger partial charge is 0.105 e. The summed E-state index contributed by atoms with van der Waals surface area (Å²) in [6.45, 7) is 1.57. The average molecular weight is 152 g/mol. The Morgan fingerprint density at radius 1 is 1.09 bits per heavy atom. The van der Waals surface area contributed by atoms with Crippen LogP contribution < -0.4 is 0 Å². The molecule has 0 saturated carbocycles. The number of rotatable bonds is 2. The van der Waals surface area contributed by atoms with Crippen LogP contribution in [-0.4, -0.2) is 16.3 Å². The van der Waals surface area contributed by atoms with Crippen molar-refractivity contribution in [2.45, 2.75) is 19.1 Å². The van der Waals surface area contributed by atoms with Crippen molar-refractivity contribution in [3.63, 3.8) is 0 Å². The number of aliphatic hydroxyl groups excluding tert-OH is 2. The molecule has 0 radical (unpaired) electrons. The summed E-state index contributed by atoms with van der Waals surface area (Å²) in [4.78, 5) is 0. The van der Waals surface area contributed by atoms with E-state index >= 15 is 0 Å². The summed E-state index contributed by atoms with van der Waals surface area (Å²) in [6, 6.07) is 9.12. The largest absolute Gasteiger partial charge is 0.390 e. The highest BCUT2D eigenvalue weighted by Crippen LogP contribution is 2.15. The molecule has 0 amide bonds. The van der Waals surface area contributed by atoms with Crippen molar-refractivity contribution in [1.29, 1.82) is 0 Å². The zero-order valence-corrected chi connectivity index (χ0v) is 6.44. The fraction of sp³-hybridized carbons (Fsp3) is 0.333. The lowest BCUT2D eigenvalue weighted by atomic mass is 10.1. The van der Waals surface area contributed by atoms with Crippen LogP contribution in [0.2, 0.25) is 0 Å². The van der Waals surface area contributed by atoms with Gasteiger partial charge in [0.1, 0.15) is 6.10 Å². The van der Waals surface area contributed by atoms with Gasteiger partial charge in [0.05, 0.1) is 6.10 Å². The van der Waals surface area contributed by atoms with Crippen LogP contribution in [-0.2, 0) is 0 Å². The zero-order valence-electron chi connectivity index (χ0n) is 6.44. The quantitative estimate of drug-likeness (QED) is 0.666. The van der Waals surface area contributed by atoms with Crippen LogP contribution in [0.15, 0.2) is 30.3 Å². The third kappa shape index (κ3) is 2.03. The highest BCUT2D eigenvalue weighted by molar-refractivity contribution is 5.17. The third-order valence-corrected chi connectivity index (χ3v) is 1.60. The Morgan fingerprint density at radius 2 is 1.64 bits per heavy atom. The topological polar surface area (TPSA) is 40.5 Å². The third-order valence-electron chi connectivity index (χ3n) is 1.60. The van der Waals surface area contributed by atoms with Crippen LogP contribution in [0.3, 0.4) is 0 Å². The molecule has 0 aliphatic carbocycles. The van der Waals surface area contributed by atoms with E-state index in [9.17, 15) is 5.11 Å². The van der Waals surface area contributed by atoms with Gasteiger partial charge in [0, 0.05) is 0 Å². The molecule has 0 heterocycles. The van der Waals surface area contributed by atoms with E-state index in [2.05, 4.69) is 0 Å². The summed E-state index contributed by atoms with van der Waals surface area (Å²) in [5, 5.41) is 18.4. The Hall–Kier alpha value is -0.860. The molecule has 2 nitrogen and oxygen atoms in total. The van der Waals surface area contributed by atoms with Crippen LogP contribution in [0, 0.1) is 0 Å². The Kier molecular flexibility index (Phi) is 2.63. The van der Waals surface area contributed by atoms with Gasteiger partial charge in [0.25, 0.3) is 0 Å². The summed E-state index contributed by atoms with van der Waals surface area (Å²) in [6.07, 6.45) is -1.48. The molecule has 1 rings (SSSR count). The van der Waals surface area contributed by atoms with Gasteiger partial charge in [-0.3, -0.25) is 0 Å². The van der Waals surface area contributed by atoms with E-state index in [0.29, 0.717) is 0 Å². The predicted octanol–water partition coefficient (Wildman–Crippen LogP) is 1.10. The fourth-order valence-corrected chi connectivity index (χ4v) is 0.929. The zero-order chi connectivity index (χ0) is 8.27. The van der Waals surface area contributed by atoms with E-state index < -0.39 is 12.2 Å². The van der Waals surface area contributed by atoms with Gasteiger partial charge in [-0.05, 0) is 12.5 Å². The summed E-state index contributed by atoms with van der Waals surface area (Å²) >= 11 is 0. The van der Waals surface area contributed by atoms with Crippen molar-refractivity contribution in [3.8, 4) is 0 Å². The minimum atomic E-state index is -0.767. The molecular formula is C9H12O2. The first kappa shape index (κ1) is 8.24. The van der Waals surface area contributed by atoms with Crippen LogP contribution >= 0.6 is 0 Å². The van der Waals surface area contributed by atoms with Crippen LogP contribution in [0.25, 0.3) is 0 Å². The lowest BCUT2D eigenvalue weighted by Crippen LogP contribution is -2.13. The minimum Gasteiger partial charge on any atom is -0.390 e. The molecule has 0 saturated heterocycles. The molecule has 0 bridgehead atoms. The molecule has 1 aromatic carbocycles. The lowest BCUT2D eigenvalue weighted by Gasteiger charge is -2.12. The first-order chi connectivity index (χ1) is 5.22. The second-order valence-corrected chi connectivity index (χ2v) is 2.60. The highest BCUT2D eigenvalue weighted by Gasteiger charge is 2.11. The minimum absolute atomic E-state index is 0.711. The molecule has 1 aromatic rings. The van der Waals surface area contributed by atoms with Crippen molar-refractivity contribution in [2.24, 2.45) is 0 Å². The summed E-state index contributed by atoms with van der Waals surface area (Å²) in [5.41, 5.74) is 0.752. The fourth-order valence-electron chi connectivity index (χ4n) is 0.929. The number of hydrogen-bond acceptors (Lipinski definition) is 2. The number of benzene rings is 1. The summed E-state index contributed by atoms with van der Waals surface area (Å²) in [5.74, 6) is 0. The standard InChI is InChI=1S/C9H12O2/c1-7(10)9(11)8-5-3-2-4-6-8/h2-7,9-11H,1H3/t7-,9+/m0/s1. The second kappa shape index (κ2) is 3.51. The summed E-state index contributed by atoms with van der Waals surface area (Å²) < 4.78 is 0. The molecule has 0 aliphatic heterocycles. The monoisotopic (exact) mass is 152 g/mol. The van der Waals surface area contributed by atoms with E-state index in [-0.39, 0.29) is 0 Å². The summed E-state index contributed by atoms with van der Waals surface area (Å²) in [7, 11) is 0. The van der Waals surface area contributed by atoms with Gasteiger partial charge in [0.15, 0.2) is 0 Å². The Balaban J connectivity index is 2.77. The van der Waals surface area contributed by atoms with Crippen molar-refractivity contribution in [3.05, 3.63) is 35.9 Å². The molecule has 2 atom stereocenters. The highest BCUT2D eigenvalue weighted by atomic mass is 16.3. The van der Waals surface area contributed by atoms with E-state index in [1.54, 1.807) is 19.1 Å². The van der Waals surface area contributed by atoms with E-state index in [1.807, 2.05) is 18.2 Å². The Morgan fingerprint density at radius 3 is 2.09 bits per heavy atom. The predicted molar refractivity (Wildman–Crippen MR) is 43.1 cm³/mol. The van der Waals surface area contributed by atoms with Gasteiger partial charge in [-0.2, -0.15) is 0 Å².